The topological polar surface area (TPSA) is 111 Å². The lowest BCUT2D eigenvalue weighted by Gasteiger charge is -2.03. The number of nitrogens with zero attached hydrogens (tertiary/aromatic N) is 3. The molecule has 0 aliphatic heterocycles. The molecule has 0 atom stereocenters. The number of anilines is 1. The lowest BCUT2D eigenvalue weighted by molar-refractivity contribution is 0.419. The minimum atomic E-state index is -0.386. The first-order chi connectivity index (χ1) is 14.1. The van der Waals surface area contributed by atoms with E-state index >= 15 is 0 Å². The molecule has 0 unspecified atom stereocenters. The third-order valence-corrected chi connectivity index (χ3v) is 4.87. The third-order valence-electron chi connectivity index (χ3n) is 4.87. The Bertz CT molecular complexity index is 1430. The first kappa shape index (κ1) is 17.1. The van der Waals surface area contributed by atoms with Crippen LogP contribution in [0, 0.1) is 6.92 Å². The maximum absolute atomic E-state index is 13.3. The van der Waals surface area contributed by atoms with Crippen molar-refractivity contribution in [2.75, 3.05) is 12.8 Å². The summed E-state index contributed by atoms with van der Waals surface area (Å²) in [5.41, 5.74) is 9.94. The van der Waals surface area contributed by atoms with E-state index in [9.17, 15) is 4.79 Å². The van der Waals surface area contributed by atoms with Gasteiger partial charge in [0.25, 0.3) is 5.56 Å². The summed E-state index contributed by atoms with van der Waals surface area (Å²) >= 11 is 0. The molecule has 3 heterocycles. The Morgan fingerprint density at radius 2 is 1.86 bits per heavy atom. The molecule has 0 radical (unpaired) electrons. The van der Waals surface area contributed by atoms with Crippen LogP contribution in [-0.4, -0.2) is 26.7 Å². The Balaban J connectivity index is 1.78. The van der Waals surface area contributed by atoms with E-state index in [4.69, 9.17) is 14.9 Å². The van der Waals surface area contributed by atoms with Gasteiger partial charge in [-0.1, -0.05) is 36.4 Å². The van der Waals surface area contributed by atoms with Gasteiger partial charge in [0, 0.05) is 11.3 Å². The van der Waals surface area contributed by atoms with Crippen molar-refractivity contribution < 1.29 is 9.15 Å². The standard InChI is InChI=1S/C21H17N5O3/c1-11-15(12-7-4-3-5-8-12)19-24-18(22)16(21(27)26(19)25-11)20-23-17-13(28-2)9-6-10-14(17)29-20/h3-10,25H,22H2,1-2H3. The zero-order chi connectivity index (χ0) is 20.1. The zero-order valence-corrected chi connectivity index (χ0v) is 15.8. The summed E-state index contributed by atoms with van der Waals surface area (Å²) in [6, 6.07) is 15.0. The monoisotopic (exact) mass is 387 g/mol. The van der Waals surface area contributed by atoms with Crippen molar-refractivity contribution in [3.8, 4) is 28.3 Å². The van der Waals surface area contributed by atoms with Crippen molar-refractivity contribution in [2.24, 2.45) is 0 Å². The predicted molar refractivity (Wildman–Crippen MR) is 110 cm³/mol. The van der Waals surface area contributed by atoms with E-state index in [-0.39, 0.29) is 22.8 Å². The fourth-order valence-corrected chi connectivity index (χ4v) is 3.55. The van der Waals surface area contributed by atoms with Gasteiger partial charge in [0.15, 0.2) is 16.7 Å². The van der Waals surface area contributed by atoms with Gasteiger partial charge in [0.05, 0.1) is 7.11 Å². The molecule has 3 aromatic heterocycles. The molecule has 0 fully saturated rings. The fraction of sp³-hybridized carbons (Fsp3) is 0.0952. The van der Waals surface area contributed by atoms with E-state index in [0.29, 0.717) is 22.5 Å². The highest BCUT2D eigenvalue weighted by Gasteiger charge is 2.23. The predicted octanol–water partition coefficient (Wildman–Crippen LogP) is 3.40. The second kappa shape index (κ2) is 6.23. The molecule has 0 aliphatic rings. The minimum absolute atomic E-state index is 0.0525. The number of hydrogen-bond donors (Lipinski definition) is 2. The van der Waals surface area contributed by atoms with Crippen LogP contribution >= 0.6 is 0 Å². The summed E-state index contributed by atoms with van der Waals surface area (Å²) in [5, 5.41) is 3.08. The van der Waals surface area contributed by atoms with Crippen LogP contribution < -0.4 is 16.0 Å². The van der Waals surface area contributed by atoms with E-state index in [1.807, 2.05) is 37.3 Å². The second-order valence-corrected chi connectivity index (χ2v) is 6.64. The quantitative estimate of drug-likeness (QED) is 0.491. The number of aromatic amines is 1. The van der Waals surface area contributed by atoms with Crippen molar-refractivity contribution in [1.29, 1.82) is 0 Å². The number of oxazole rings is 1. The highest BCUT2D eigenvalue weighted by molar-refractivity contribution is 5.85. The van der Waals surface area contributed by atoms with Crippen LogP contribution in [0.2, 0.25) is 0 Å². The first-order valence-corrected chi connectivity index (χ1v) is 8.98. The Kier molecular flexibility index (Phi) is 3.67. The van der Waals surface area contributed by atoms with Crippen molar-refractivity contribution in [2.45, 2.75) is 6.92 Å². The summed E-state index contributed by atoms with van der Waals surface area (Å²) in [4.78, 5) is 22.2. The van der Waals surface area contributed by atoms with Gasteiger partial charge in [-0.3, -0.25) is 9.89 Å². The summed E-state index contributed by atoms with van der Waals surface area (Å²) < 4.78 is 12.5. The van der Waals surface area contributed by atoms with Crippen molar-refractivity contribution >= 4 is 22.6 Å². The van der Waals surface area contributed by atoms with Gasteiger partial charge in [-0.15, -0.1) is 0 Å². The average Bonchev–Trinajstić information content (AvgIpc) is 3.29. The van der Waals surface area contributed by atoms with Gasteiger partial charge in [-0.05, 0) is 24.6 Å². The van der Waals surface area contributed by atoms with Gasteiger partial charge in [-0.25, -0.2) is 9.97 Å². The number of rotatable bonds is 3. The Hall–Kier alpha value is -4.07. The fourth-order valence-electron chi connectivity index (χ4n) is 3.55. The third kappa shape index (κ3) is 2.49. The number of nitrogen functional groups attached to an aromatic ring is 1. The minimum Gasteiger partial charge on any atom is -0.494 e. The number of hydrogen-bond acceptors (Lipinski definition) is 6. The number of ether oxygens (including phenoxy) is 1. The molecule has 8 heteroatoms. The molecule has 3 N–H and O–H groups in total. The lowest BCUT2D eigenvalue weighted by atomic mass is 10.1. The molecule has 8 nitrogen and oxygen atoms in total. The van der Waals surface area contributed by atoms with Gasteiger partial charge in [0.2, 0.25) is 5.89 Å². The summed E-state index contributed by atoms with van der Waals surface area (Å²) in [6.45, 7) is 1.89. The molecule has 5 rings (SSSR count). The second-order valence-electron chi connectivity index (χ2n) is 6.64. The van der Waals surface area contributed by atoms with Gasteiger partial charge < -0.3 is 14.9 Å². The van der Waals surface area contributed by atoms with Crippen LogP contribution in [0.4, 0.5) is 5.82 Å². The molecule has 2 aromatic carbocycles. The number of para-hydroxylation sites is 1. The van der Waals surface area contributed by atoms with E-state index in [0.717, 1.165) is 16.8 Å². The Morgan fingerprint density at radius 3 is 2.62 bits per heavy atom. The maximum Gasteiger partial charge on any atom is 0.287 e. The number of aromatic nitrogens is 4. The maximum atomic E-state index is 13.3. The highest BCUT2D eigenvalue weighted by atomic mass is 16.5. The van der Waals surface area contributed by atoms with E-state index < -0.39 is 0 Å². The number of nitrogens with one attached hydrogen (secondary N) is 1. The smallest absolute Gasteiger partial charge is 0.287 e. The van der Waals surface area contributed by atoms with Crippen molar-refractivity contribution in [3.05, 3.63) is 64.6 Å². The van der Waals surface area contributed by atoms with Gasteiger partial charge >= 0.3 is 0 Å². The van der Waals surface area contributed by atoms with Gasteiger partial charge in [-0.2, -0.15) is 4.52 Å². The molecule has 0 spiro atoms. The molecule has 0 saturated carbocycles. The number of aryl methyl sites for hydroxylation is 1. The molecule has 0 amide bonds. The summed E-state index contributed by atoms with van der Waals surface area (Å²) in [6.07, 6.45) is 0. The largest absolute Gasteiger partial charge is 0.494 e. The number of nitrogens with two attached hydrogens (primary N) is 1. The highest BCUT2D eigenvalue weighted by Crippen LogP contribution is 2.32. The van der Waals surface area contributed by atoms with Gasteiger partial charge in [0.1, 0.15) is 17.1 Å². The summed E-state index contributed by atoms with van der Waals surface area (Å²) in [7, 11) is 1.55. The zero-order valence-electron chi connectivity index (χ0n) is 15.8. The summed E-state index contributed by atoms with van der Waals surface area (Å²) in [5.74, 6) is 0.700. The van der Waals surface area contributed by atoms with Crippen LogP contribution in [-0.2, 0) is 0 Å². The van der Waals surface area contributed by atoms with Crippen LogP contribution in [0.3, 0.4) is 0 Å². The lowest BCUT2D eigenvalue weighted by Crippen LogP contribution is -2.20. The van der Waals surface area contributed by atoms with Crippen molar-refractivity contribution in [1.82, 2.24) is 19.6 Å². The van der Waals surface area contributed by atoms with E-state index in [1.54, 1.807) is 25.3 Å². The number of H-pyrrole nitrogens is 1. The van der Waals surface area contributed by atoms with Crippen molar-refractivity contribution in [3.63, 3.8) is 0 Å². The van der Waals surface area contributed by atoms with Crippen LogP contribution in [0.15, 0.2) is 57.7 Å². The molecular weight excluding hydrogens is 370 g/mol. The first-order valence-electron chi connectivity index (χ1n) is 8.98. The molecular formula is C21H17N5O3. The average molecular weight is 387 g/mol. The van der Waals surface area contributed by atoms with Crippen LogP contribution in [0.25, 0.3) is 39.3 Å². The molecule has 0 aliphatic carbocycles. The van der Waals surface area contributed by atoms with E-state index in [1.165, 1.54) is 4.52 Å². The Labute approximate surface area is 164 Å². The van der Waals surface area contributed by atoms with Crippen LogP contribution in [0.5, 0.6) is 5.75 Å². The van der Waals surface area contributed by atoms with Crippen LogP contribution in [0.1, 0.15) is 5.69 Å². The SMILES string of the molecule is COc1cccc2oc(-c3c(N)nc4c(-c5ccccc5)c(C)[nH]n4c3=O)nc12. The molecule has 29 heavy (non-hydrogen) atoms. The number of benzene rings is 2. The molecule has 0 saturated heterocycles. The molecule has 0 bridgehead atoms. The molecule has 5 aromatic rings. The Morgan fingerprint density at radius 1 is 1.07 bits per heavy atom. The number of fused-ring (bicyclic) bond motifs is 2. The number of methoxy groups -OCH3 is 1. The van der Waals surface area contributed by atoms with E-state index in [2.05, 4.69) is 15.1 Å². The normalized spacial score (nSPS) is 11.4. The molecule has 144 valence electrons.